The smallest absolute Gasteiger partial charge is 0.140 e. The van der Waals surface area contributed by atoms with Crippen molar-refractivity contribution in [1.82, 2.24) is 0 Å². The first-order valence-corrected chi connectivity index (χ1v) is 6.83. The van der Waals surface area contributed by atoms with E-state index in [2.05, 4.69) is 0 Å². The van der Waals surface area contributed by atoms with Crippen molar-refractivity contribution >= 4 is 17.4 Å². The molecule has 1 aliphatic carbocycles. The van der Waals surface area contributed by atoms with Gasteiger partial charge in [0.05, 0.1) is 5.41 Å². The Morgan fingerprint density at radius 1 is 1.44 bits per heavy atom. The Bertz CT molecular complexity index is 451. The molecule has 0 N–H and O–H groups in total. The van der Waals surface area contributed by atoms with E-state index in [0.29, 0.717) is 17.0 Å². The molecule has 0 spiro atoms. The summed E-state index contributed by atoms with van der Waals surface area (Å²) in [6.45, 7) is 3.59. The molecule has 0 radical (unpaired) electrons. The monoisotopic (exact) mass is 268 g/mol. The fraction of sp³-hybridized carbons (Fsp3) is 0.533. The highest BCUT2D eigenvalue weighted by Crippen LogP contribution is 2.47. The van der Waals surface area contributed by atoms with Crippen LogP contribution in [0, 0.1) is 11.7 Å². The molecule has 1 unspecified atom stereocenters. The largest absolute Gasteiger partial charge is 0.299 e. The molecule has 0 aliphatic heterocycles. The number of halogens is 2. The lowest BCUT2D eigenvalue weighted by molar-refractivity contribution is -0.125. The first-order valence-electron chi connectivity index (χ1n) is 6.45. The van der Waals surface area contributed by atoms with Gasteiger partial charge in [0.25, 0.3) is 0 Å². The average molecular weight is 269 g/mol. The molecule has 1 aromatic rings. The third-order valence-corrected chi connectivity index (χ3v) is 4.65. The molecule has 2 atom stereocenters. The Morgan fingerprint density at radius 2 is 2.17 bits per heavy atom. The molecule has 1 nitrogen and oxygen atoms in total. The van der Waals surface area contributed by atoms with Crippen LogP contribution in [0.3, 0.4) is 0 Å². The summed E-state index contributed by atoms with van der Waals surface area (Å²) in [6, 6.07) is 4.65. The van der Waals surface area contributed by atoms with Gasteiger partial charge in [0.1, 0.15) is 11.6 Å². The van der Waals surface area contributed by atoms with Crippen LogP contribution in [-0.2, 0) is 10.2 Å². The van der Waals surface area contributed by atoms with Gasteiger partial charge in [-0.2, -0.15) is 0 Å². The Morgan fingerprint density at radius 3 is 2.72 bits per heavy atom. The fourth-order valence-corrected chi connectivity index (χ4v) is 3.67. The van der Waals surface area contributed by atoms with E-state index in [1.54, 1.807) is 19.1 Å². The minimum atomic E-state index is -0.735. The highest BCUT2D eigenvalue weighted by Gasteiger charge is 2.46. The number of Topliss-reactive ketones (excluding diaryl/α,β-unsaturated/α-hetero) is 1. The van der Waals surface area contributed by atoms with E-state index in [4.69, 9.17) is 11.6 Å². The lowest BCUT2D eigenvalue weighted by Gasteiger charge is -2.41. The second-order valence-corrected chi connectivity index (χ2v) is 5.68. The number of carbonyl (C=O) groups is 1. The van der Waals surface area contributed by atoms with Gasteiger partial charge in [0, 0.05) is 10.6 Å². The first kappa shape index (κ1) is 13.5. The third kappa shape index (κ3) is 1.97. The highest BCUT2D eigenvalue weighted by atomic mass is 35.5. The van der Waals surface area contributed by atoms with Crippen LogP contribution in [0.5, 0.6) is 0 Å². The Kier molecular flexibility index (Phi) is 3.76. The fourth-order valence-electron chi connectivity index (χ4n) is 3.34. The first-order chi connectivity index (χ1) is 8.50. The van der Waals surface area contributed by atoms with E-state index >= 15 is 0 Å². The average Bonchev–Trinajstić information content (AvgIpc) is 2.31. The van der Waals surface area contributed by atoms with Gasteiger partial charge in [-0.3, -0.25) is 4.79 Å². The SMILES string of the molecule is CC(=O)C1(c2c(F)cccc2Cl)CCCC[C@H]1C. The number of benzene rings is 1. The van der Waals surface area contributed by atoms with Crippen molar-refractivity contribution < 1.29 is 9.18 Å². The number of hydrogen-bond acceptors (Lipinski definition) is 1. The zero-order valence-electron chi connectivity index (χ0n) is 10.8. The minimum absolute atomic E-state index is 0.0294. The molecule has 18 heavy (non-hydrogen) atoms. The predicted molar refractivity (Wildman–Crippen MR) is 71.4 cm³/mol. The molecule has 0 heterocycles. The van der Waals surface area contributed by atoms with Gasteiger partial charge >= 0.3 is 0 Å². The standard InChI is InChI=1S/C15H18ClFO/c1-10-6-3-4-9-15(10,11(2)18)14-12(16)7-5-8-13(14)17/h5,7-8,10H,3-4,6,9H2,1-2H3/t10-,15?/m1/s1. The molecular formula is C15H18ClFO. The van der Waals surface area contributed by atoms with Crippen LogP contribution in [0.2, 0.25) is 5.02 Å². The summed E-state index contributed by atoms with van der Waals surface area (Å²) in [5.41, 5.74) is -0.327. The molecule has 2 rings (SSSR count). The lowest BCUT2D eigenvalue weighted by Crippen LogP contribution is -2.43. The molecule has 0 bridgehead atoms. The zero-order chi connectivity index (χ0) is 13.3. The predicted octanol–water partition coefficient (Wildman–Crippen LogP) is 4.52. The van der Waals surface area contributed by atoms with Crippen molar-refractivity contribution in [3.63, 3.8) is 0 Å². The number of carbonyl (C=O) groups excluding carboxylic acids is 1. The molecule has 3 heteroatoms. The molecule has 1 aliphatic rings. The number of rotatable bonds is 2. The van der Waals surface area contributed by atoms with Gasteiger partial charge in [0.15, 0.2) is 0 Å². The zero-order valence-corrected chi connectivity index (χ0v) is 11.6. The Hall–Kier alpha value is -0.890. The summed E-state index contributed by atoms with van der Waals surface area (Å²) in [7, 11) is 0. The normalized spacial score (nSPS) is 28.1. The van der Waals surface area contributed by atoms with E-state index in [9.17, 15) is 9.18 Å². The van der Waals surface area contributed by atoms with Crippen LogP contribution in [0.1, 0.15) is 45.1 Å². The number of ketones is 1. The van der Waals surface area contributed by atoms with Crippen LogP contribution in [0.4, 0.5) is 4.39 Å². The number of hydrogen-bond donors (Lipinski definition) is 0. The maximum atomic E-state index is 14.2. The van der Waals surface area contributed by atoms with Crippen molar-refractivity contribution in [2.24, 2.45) is 5.92 Å². The van der Waals surface area contributed by atoms with Gasteiger partial charge in [-0.15, -0.1) is 0 Å². The molecule has 1 aromatic carbocycles. The van der Waals surface area contributed by atoms with Crippen molar-refractivity contribution in [2.75, 3.05) is 0 Å². The van der Waals surface area contributed by atoms with E-state index in [1.165, 1.54) is 6.07 Å². The van der Waals surface area contributed by atoms with E-state index in [0.717, 1.165) is 19.3 Å². The molecule has 98 valence electrons. The van der Waals surface area contributed by atoms with Crippen molar-refractivity contribution in [3.8, 4) is 0 Å². The summed E-state index contributed by atoms with van der Waals surface area (Å²) in [5.74, 6) is -0.189. The summed E-state index contributed by atoms with van der Waals surface area (Å²) < 4.78 is 14.2. The summed E-state index contributed by atoms with van der Waals surface area (Å²) in [4.78, 5) is 12.2. The second kappa shape index (κ2) is 5.00. The van der Waals surface area contributed by atoms with Crippen molar-refractivity contribution in [3.05, 3.63) is 34.6 Å². The highest BCUT2D eigenvalue weighted by molar-refractivity contribution is 6.31. The minimum Gasteiger partial charge on any atom is -0.299 e. The van der Waals surface area contributed by atoms with Gasteiger partial charge < -0.3 is 0 Å². The van der Waals surface area contributed by atoms with Crippen LogP contribution < -0.4 is 0 Å². The van der Waals surface area contributed by atoms with Crippen LogP contribution in [0.15, 0.2) is 18.2 Å². The molecular weight excluding hydrogens is 251 g/mol. The van der Waals surface area contributed by atoms with Crippen LogP contribution >= 0.6 is 11.6 Å². The molecule has 0 amide bonds. The lowest BCUT2D eigenvalue weighted by atomic mass is 9.61. The Balaban J connectivity index is 2.64. The van der Waals surface area contributed by atoms with Gasteiger partial charge in [-0.25, -0.2) is 4.39 Å². The third-order valence-electron chi connectivity index (χ3n) is 4.34. The Labute approximate surface area is 112 Å². The second-order valence-electron chi connectivity index (χ2n) is 5.27. The topological polar surface area (TPSA) is 17.1 Å². The quantitative estimate of drug-likeness (QED) is 0.771. The maximum absolute atomic E-state index is 14.2. The van der Waals surface area contributed by atoms with Gasteiger partial charge in [-0.05, 0) is 37.8 Å². The van der Waals surface area contributed by atoms with E-state index in [1.807, 2.05) is 6.92 Å². The molecule has 1 saturated carbocycles. The summed E-state index contributed by atoms with van der Waals surface area (Å²) in [5, 5.41) is 0.374. The molecule has 0 aromatic heterocycles. The van der Waals surface area contributed by atoms with E-state index in [-0.39, 0.29) is 17.5 Å². The molecule has 1 fully saturated rings. The van der Waals surface area contributed by atoms with Crippen molar-refractivity contribution in [2.45, 2.75) is 44.9 Å². The van der Waals surface area contributed by atoms with Crippen LogP contribution in [0.25, 0.3) is 0 Å². The van der Waals surface area contributed by atoms with Crippen LogP contribution in [-0.4, -0.2) is 5.78 Å². The maximum Gasteiger partial charge on any atom is 0.140 e. The molecule has 0 saturated heterocycles. The van der Waals surface area contributed by atoms with Crippen molar-refractivity contribution in [1.29, 1.82) is 0 Å². The van der Waals surface area contributed by atoms with E-state index < -0.39 is 5.41 Å². The summed E-state index contributed by atoms with van der Waals surface area (Å²) in [6.07, 6.45) is 3.70. The van der Waals surface area contributed by atoms with Gasteiger partial charge in [-0.1, -0.05) is 37.4 Å². The summed E-state index contributed by atoms with van der Waals surface area (Å²) >= 11 is 6.17. The van der Waals surface area contributed by atoms with Gasteiger partial charge in [0.2, 0.25) is 0 Å².